The van der Waals surface area contributed by atoms with Crippen LogP contribution in [-0.2, 0) is 13.0 Å². The quantitative estimate of drug-likeness (QED) is 0.892. The van der Waals surface area contributed by atoms with Crippen LogP contribution in [-0.4, -0.2) is 6.04 Å². The fourth-order valence-corrected chi connectivity index (χ4v) is 1.86. The van der Waals surface area contributed by atoms with Crippen LogP contribution in [0.25, 0.3) is 0 Å². The number of furan rings is 1. The summed E-state index contributed by atoms with van der Waals surface area (Å²) in [5, 5.41) is 3.47. The lowest BCUT2D eigenvalue weighted by atomic mass is 10.1. The first-order valence-electron chi connectivity index (χ1n) is 5.85. The summed E-state index contributed by atoms with van der Waals surface area (Å²) in [6, 6.07) is 8.92. The lowest BCUT2D eigenvalue weighted by Crippen LogP contribution is -2.27. The zero-order valence-electron chi connectivity index (χ0n) is 10.1. The number of hydrogen-bond acceptors (Lipinski definition) is 2. The van der Waals surface area contributed by atoms with Gasteiger partial charge in [0, 0.05) is 19.0 Å². The Hall–Kier alpha value is -1.32. The van der Waals surface area contributed by atoms with Crippen LogP contribution < -0.4 is 5.32 Å². The lowest BCUT2D eigenvalue weighted by Gasteiger charge is -2.12. The van der Waals surface area contributed by atoms with E-state index in [1.807, 2.05) is 18.2 Å². The average Bonchev–Trinajstić information content (AvgIpc) is 2.83. The maximum absolute atomic E-state index is 13.2. The molecule has 1 aromatic carbocycles. The van der Waals surface area contributed by atoms with Crippen LogP contribution in [0.2, 0.25) is 5.02 Å². The third kappa shape index (κ3) is 3.59. The molecule has 2 rings (SSSR count). The molecule has 0 spiro atoms. The molecule has 0 fully saturated rings. The molecule has 0 radical (unpaired) electrons. The summed E-state index contributed by atoms with van der Waals surface area (Å²) in [5.41, 5.74) is 0.878. The summed E-state index contributed by atoms with van der Waals surface area (Å²) >= 11 is 5.63. The van der Waals surface area contributed by atoms with Crippen molar-refractivity contribution in [2.45, 2.75) is 25.9 Å². The molecule has 18 heavy (non-hydrogen) atoms. The van der Waals surface area contributed by atoms with Gasteiger partial charge < -0.3 is 9.73 Å². The second-order valence-corrected chi connectivity index (χ2v) is 4.72. The van der Waals surface area contributed by atoms with E-state index in [0.29, 0.717) is 6.54 Å². The molecule has 4 heteroatoms. The summed E-state index contributed by atoms with van der Waals surface area (Å²) in [6.07, 6.45) is 2.47. The molecule has 2 aromatic rings. The van der Waals surface area contributed by atoms with E-state index in [9.17, 15) is 4.39 Å². The number of nitrogens with one attached hydrogen (secondary N) is 1. The van der Waals surface area contributed by atoms with E-state index in [4.69, 9.17) is 16.0 Å². The second-order valence-electron chi connectivity index (χ2n) is 4.31. The molecule has 1 heterocycles. The molecule has 0 amide bonds. The Bertz CT molecular complexity index is 499. The largest absolute Gasteiger partial charge is 0.469 e. The summed E-state index contributed by atoms with van der Waals surface area (Å²) < 4.78 is 18.5. The third-order valence-electron chi connectivity index (χ3n) is 2.73. The molecule has 1 N–H and O–H groups in total. The van der Waals surface area contributed by atoms with Crippen molar-refractivity contribution >= 4 is 11.6 Å². The van der Waals surface area contributed by atoms with Gasteiger partial charge in [-0.05, 0) is 36.8 Å². The van der Waals surface area contributed by atoms with Crippen molar-refractivity contribution in [2.24, 2.45) is 0 Å². The van der Waals surface area contributed by atoms with Crippen LogP contribution >= 0.6 is 11.6 Å². The Kier molecular flexibility index (Phi) is 4.39. The number of halogens is 2. The molecule has 1 aromatic heterocycles. The van der Waals surface area contributed by atoms with Gasteiger partial charge in [-0.15, -0.1) is 0 Å². The molecule has 0 aliphatic heterocycles. The monoisotopic (exact) mass is 267 g/mol. The SMILES string of the molecule is CC(Cc1ccco1)NCc1ccc(Cl)c(F)c1. The predicted octanol–water partition coefficient (Wildman–Crippen LogP) is 3.79. The van der Waals surface area contributed by atoms with Gasteiger partial charge in [-0.1, -0.05) is 17.7 Å². The minimum atomic E-state index is -0.380. The zero-order chi connectivity index (χ0) is 13.0. The van der Waals surface area contributed by atoms with E-state index in [2.05, 4.69) is 12.2 Å². The van der Waals surface area contributed by atoms with Gasteiger partial charge in [-0.2, -0.15) is 0 Å². The van der Waals surface area contributed by atoms with Crippen molar-refractivity contribution in [2.75, 3.05) is 0 Å². The molecule has 0 bridgehead atoms. The molecule has 2 nitrogen and oxygen atoms in total. The second kappa shape index (κ2) is 6.03. The highest BCUT2D eigenvalue weighted by Gasteiger charge is 2.06. The maximum atomic E-state index is 13.2. The number of rotatable bonds is 5. The van der Waals surface area contributed by atoms with E-state index in [1.165, 1.54) is 6.07 Å². The molecule has 1 atom stereocenters. The van der Waals surface area contributed by atoms with E-state index >= 15 is 0 Å². The topological polar surface area (TPSA) is 25.2 Å². The Morgan fingerprint density at radius 2 is 2.22 bits per heavy atom. The van der Waals surface area contributed by atoms with Crippen LogP contribution in [0.3, 0.4) is 0 Å². The van der Waals surface area contributed by atoms with Crippen LogP contribution in [0.15, 0.2) is 41.0 Å². The number of benzene rings is 1. The van der Waals surface area contributed by atoms with E-state index < -0.39 is 0 Å². The van der Waals surface area contributed by atoms with Crippen molar-refractivity contribution in [3.63, 3.8) is 0 Å². The molecule has 0 saturated heterocycles. The van der Waals surface area contributed by atoms with Gasteiger partial charge in [0.2, 0.25) is 0 Å². The van der Waals surface area contributed by atoms with Crippen LogP contribution in [0.1, 0.15) is 18.2 Å². The highest BCUT2D eigenvalue weighted by Crippen LogP contribution is 2.15. The van der Waals surface area contributed by atoms with Crippen molar-refractivity contribution in [1.29, 1.82) is 0 Å². The van der Waals surface area contributed by atoms with Gasteiger partial charge in [0.05, 0.1) is 11.3 Å². The standard InChI is InChI=1S/C14H15ClFNO/c1-10(7-12-3-2-6-18-12)17-9-11-4-5-13(15)14(16)8-11/h2-6,8,10,17H,7,9H2,1H3. The smallest absolute Gasteiger partial charge is 0.142 e. The first kappa shape index (κ1) is 13.1. The van der Waals surface area contributed by atoms with Crippen molar-refractivity contribution < 1.29 is 8.81 Å². The van der Waals surface area contributed by atoms with E-state index in [1.54, 1.807) is 12.3 Å². The molecule has 0 aliphatic carbocycles. The summed E-state index contributed by atoms with van der Waals surface area (Å²) in [4.78, 5) is 0. The van der Waals surface area contributed by atoms with Crippen molar-refractivity contribution in [1.82, 2.24) is 5.32 Å². The Labute approximate surface area is 111 Å². The van der Waals surface area contributed by atoms with Gasteiger partial charge in [-0.3, -0.25) is 0 Å². The first-order valence-corrected chi connectivity index (χ1v) is 6.22. The Morgan fingerprint density at radius 1 is 1.39 bits per heavy atom. The van der Waals surface area contributed by atoms with Crippen LogP contribution in [0, 0.1) is 5.82 Å². The van der Waals surface area contributed by atoms with E-state index in [-0.39, 0.29) is 16.9 Å². The summed E-state index contributed by atoms with van der Waals surface area (Å²) in [6.45, 7) is 2.67. The highest BCUT2D eigenvalue weighted by atomic mass is 35.5. The highest BCUT2D eigenvalue weighted by molar-refractivity contribution is 6.30. The van der Waals surface area contributed by atoms with Crippen molar-refractivity contribution in [3.8, 4) is 0 Å². The van der Waals surface area contributed by atoms with Gasteiger partial charge in [0.15, 0.2) is 0 Å². The van der Waals surface area contributed by atoms with Crippen LogP contribution in [0.5, 0.6) is 0 Å². The van der Waals surface area contributed by atoms with E-state index in [0.717, 1.165) is 17.7 Å². The summed E-state index contributed by atoms with van der Waals surface area (Å²) in [7, 11) is 0. The zero-order valence-corrected chi connectivity index (χ0v) is 10.9. The van der Waals surface area contributed by atoms with Gasteiger partial charge >= 0.3 is 0 Å². The van der Waals surface area contributed by atoms with Gasteiger partial charge in [0.25, 0.3) is 0 Å². The predicted molar refractivity (Wildman–Crippen MR) is 70.1 cm³/mol. The van der Waals surface area contributed by atoms with Gasteiger partial charge in [0.1, 0.15) is 11.6 Å². The minimum Gasteiger partial charge on any atom is -0.469 e. The summed E-state index contributed by atoms with van der Waals surface area (Å²) in [5.74, 6) is 0.562. The molecular weight excluding hydrogens is 253 g/mol. The fourth-order valence-electron chi connectivity index (χ4n) is 1.74. The minimum absolute atomic E-state index is 0.155. The van der Waals surface area contributed by atoms with Gasteiger partial charge in [-0.25, -0.2) is 4.39 Å². The fraction of sp³-hybridized carbons (Fsp3) is 0.286. The molecule has 0 saturated carbocycles. The Morgan fingerprint density at radius 3 is 2.89 bits per heavy atom. The third-order valence-corrected chi connectivity index (χ3v) is 3.03. The maximum Gasteiger partial charge on any atom is 0.142 e. The Balaban J connectivity index is 1.85. The molecular formula is C14H15ClFNO. The molecule has 0 aliphatic rings. The lowest BCUT2D eigenvalue weighted by molar-refractivity contribution is 0.456. The first-order chi connectivity index (χ1) is 8.65. The van der Waals surface area contributed by atoms with Crippen LogP contribution in [0.4, 0.5) is 4.39 Å². The molecule has 96 valence electrons. The average molecular weight is 268 g/mol. The normalized spacial score (nSPS) is 12.6. The number of hydrogen-bond donors (Lipinski definition) is 1. The van der Waals surface area contributed by atoms with Crippen molar-refractivity contribution in [3.05, 3.63) is 58.8 Å². The molecule has 1 unspecified atom stereocenters.